The average molecular weight is 327 g/mol. The number of hydrogen-bond acceptors (Lipinski definition) is 3. The van der Waals surface area contributed by atoms with Crippen molar-refractivity contribution in [1.29, 1.82) is 0 Å². The summed E-state index contributed by atoms with van der Waals surface area (Å²) in [6.07, 6.45) is -26.0. The molecule has 0 spiro atoms. The summed E-state index contributed by atoms with van der Waals surface area (Å²) < 4.78 is 138. The summed E-state index contributed by atoms with van der Waals surface area (Å²) in [6.45, 7) is 0. The van der Waals surface area contributed by atoms with Crippen molar-refractivity contribution < 1.29 is 57.8 Å². The van der Waals surface area contributed by atoms with Crippen LogP contribution in [0.15, 0.2) is 0 Å². The van der Waals surface area contributed by atoms with E-state index >= 15 is 0 Å². The molecular weight excluding hydrogens is 327 g/mol. The highest BCUT2D eigenvalue weighted by Gasteiger charge is 2.87. The molecule has 0 aromatic rings. The fraction of sp³-hybridized carbons (Fsp3) is 0.833. The van der Waals surface area contributed by atoms with E-state index in [1.54, 1.807) is 0 Å². The Balaban J connectivity index is 3.57. The first-order valence-corrected chi connectivity index (χ1v) is 4.11. The van der Waals surface area contributed by atoms with E-state index in [1.807, 2.05) is 0 Å². The quantitative estimate of drug-likeness (QED) is 0.548. The summed E-state index contributed by atoms with van der Waals surface area (Å²) in [6, 6.07) is 0. The predicted octanol–water partition coefficient (Wildman–Crippen LogP) is 2.78. The van der Waals surface area contributed by atoms with E-state index in [0.717, 1.165) is 0 Å². The van der Waals surface area contributed by atoms with E-state index in [-0.39, 0.29) is 0 Å². The summed E-state index contributed by atoms with van der Waals surface area (Å²) >= 11 is 0. The minimum atomic E-state index is -6.76. The van der Waals surface area contributed by atoms with Crippen molar-refractivity contribution in [3.8, 4) is 0 Å². The molecule has 20 heavy (non-hydrogen) atoms. The molecule has 0 saturated carbocycles. The van der Waals surface area contributed by atoms with Crippen LogP contribution < -0.4 is 0 Å². The molecule has 1 heterocycles. The fourth-order valence-electron chi connectivity index (χ4n) is 1.32. The lowest BCUT2D eigenvalue weighted by Crippen LogP contribution is -2.66. The van der Waals surface area contributed by atoms with Gasteiger partial charge in [-0.1, -0.05) is 4.90 Å². The van der Waals surface area contributed by atoms with Gasteiger partial charge in [-0.3, -0.25) is 4.79 Å². The molecule has 1 fully saturated rings. The number of carbonyl (C=O) groups is 1. The van der Waals surface area contributed by atoms with Gasteiger partial charge in [-0.05, 0) is 0 Å². The van der Waals surface area contributed by atoms with E-state index in [0.29, 0.717) is 0 Å². The van der Waals surface area contributed by atoms with Crippen molar-refractivity contribution in [3.63, 3.8) is 0 Å². The SMILES string of the molecule is O=C(C(F)(F)F)C1(F)N(C(F)(F)F)C(F)(F)OC1(F)F. The van der Waals surface area contributed by atoms with Gasteiger partial charge in [0.1, 0.15) is 0 Å². The van der Waals surface area contributed by atoms with Gasteiger partial charge in [-0.25, -0.2) is 9.13 Å². The van der Waals surface area contributed by atoms with Gasteiger partial charge in [0.25, 0.3) is 5.78 Å². The molecular formula is C6F11NO2. The van der Waals surface area contributed by atoms with Crippen LogP contribution in [0.4, 0.5) is 48.3 Å². The lowest BCUT2D eigenvalue weighted by molar-refractivity contribution is -0.404. The van der Waals surface area contributed by atoms with Crippen LogP contribution in [0, 0.1) is 0 Å². The highest BCUT2D eigenvalue weighted by molar-refractivity contribution is 5.92. The Labute approximate surface area is 100 Å². The first-order valence-electron chi connectivity index (χ1n) is 4.11. The number of Topliss-reactive ketones (excluding diaryl/α,β-unsaturated/α-hetero) is 1. The summed E-state index contributed by atoms with van der Waals surface area (Å²) in [7, 11) is 0. The Hall–Kier alpha value is -1.18. The first kappa shape index (κ1) is 16.9. The van der Waals surface area contributed by atoms with Gasteiger partial charge >= 0.3 is 30.6 Å². The number of carbonyl (C=O) groups excluding carboxylic acids is 1. The topological polar surface area (TPSA) is 29.5 Å². The number of hydrogen-bond donors (Lipinski definition) is 0. The number of halogens is 11. The zero-order chi connectivity index (χ0) is 16.4. The summed E-state index contributed by atoms with van der Waals surface area (Å²) in [5.41, 5.74) is 0. The Morgan fingerprint density at radius 1 is 0.900 bits per heavy atom. The van der Waals surface area contributed by atoms with Crippen molar-refractivity contribution in [2.24, 2.45) is 0 Å². The van der Waals surface area contributed by atoms with E-state index < -0.39 is 41.3 Å². The second-order valence-corrected chi connectivity index (χ2v) is 3.36. The minimum Gasteiger partial charge on any atom is -0.284 e. The van der Waals surface area contributed by atoms with Crippen molar-refractivity contribution in [3.05, 3.63) is 0 Å². The molecule has 0 aromatic carbocycles. The predicted molar refractivity (Wildman–Crippen MR) is 33.8 cm³/mol. The van der Waals surface area contributed by atoms with Gasteiger partial charge in [0.05, 0.1) is 0 Å². The highest BCUT2D eigenvalue weighted by Crippen LogP contribution is 2.57. The molecule has 1 aliphatic heterocycles. The number of rotatable bonds is 1. The standard InChI is InChI=1S/C6F11NO2/c7-2(1(19)3(8,9)10)4(11,12)20-6(16,17)18(2)5(13,14)15. The number of ketones is 1. The molecule has 0 amide bonds. The molecule has 1 rings (SSSR count). The molecule has 0 bridgehead atoms. The molecule has 0 aromatic heterocycles. The van der Waals surface area contributed by atoms with Crippen LogP contribution in [0.1, 0.15) is 0 Å². The van der Waals surface area contributed by atoms with Crippen molar-refractivity contribution in [2.45, 2.75) is 30.6 Å². The lowest BCUT2D eigenvalue weighted by atomic mass is 10.1. The first-order chi connectivity index (χ1) is 8.48. The third-order valence-corrected chi connectivity index (χ3v) is 2.02. The van der Waals surface area contributed by atoms with Crippen LogP contribution in [0.25, 0.3) is 0 Å². The Bertz CT molecular complexity index is 426. The molecule has 3 nitrogen and oxygen atoms in total. The van der Waals surface area contributed by atoms with E-state index in [1.165, 1.54) is 0 Å². The van der Waals surface area contributed by atoms with E-state index in [2.05, 4.69) is 4.74 Å². The van der Waals surface area contributed by atoms with Gasteiger partial charge in [0, 0.05) is 0 Å². The van der Waals surface area contributed by atoms with Gasteiger partial charge in [-0.2, -0.15) is 43.9 Å². The summed E-state index contributed by atoms with van der Waals surface area (Å²) in [4.78, 5) is 7.19. The summed E-state index contributed by atoms with van der Waals surface area (Å²) in [5, 5.41) is 0. The van der Waals surface area contributed by atoms with Gasteiger partial charge in [0.15, 0.2) is 0 Å². The van der Waals surface area contributed by atoms with Crippen LogP contribution in [0.5, 0.6) is 0 Å². The zero-order valence-corrected chi connectivity index (χ0v) is 8.42. The summed E-state index contributed by atoms with van der Waals surface area (Å²) in [5.74, 6) is -10.9. The molecule has 0 N–H and O–H groups in total. The second-order valence-electron chi connectivity index (χ2n) is 3.36. The maximum absolute atomic E-state index is 13.4. The van der Waals surface area contributed by atoms with E-state index in [4.69, 9.17) is 0 Å². The van der Waals surface area contributed by atoms with Crippen molar-refractivity contribution in [2.75, 3.05) is 0 Å². The third-order valence-electron chi connectivity index (χ3n) is 2.02. The van der Waals surface area contributed by atoms with Crippen molar-refractivity contribution >= 4 is 5.78 Å². The van der Waals surface area contributed by atoms with Gasteiger partial charge < -0.3 is 0 Å². The molecule has 0 radical (unpaired) electrons. The normalized spacial score (nSPS) is 30.6. The third kappa shape index (κ3) is 2.19. The molecule has 118 valence electrons. The van der Waals surface area contributed by atoms with Gasteiger partial charge in [-0.15, -0.1) is 0 Å². The average Bonchev–Trinajstić information content (AvgIpc) is 2.23. The second kappa shape index (κ2) is 3.93. The number of alkyl halides is 11. The molecule has 0 aliphatic carbocycles. The van der Waals surface area contributed by atoms with Crippen LogP contribution in [-0.2, 0) is 9.53 Å². The maximum atomic E-state index is 13.4. The molecule has 14 heteroatoms. The zero-order valence-electron chi connectivity index (χ0n) is 8.42. The Morgan fingerprint density at radius 3 is 1.60 bits per heavy atom. The van der Waals surface area contributed by atoms with Crippen LogP contribution in [0.2, 0.25) is 0 Å². The minimum absolute atomic E-state index is 2.05. The van der Waals surface area contributed by atoms with Crippen LogP contribution >= 0.6 is 0 Å². The molecule has 1 saturated heterocycles. The van der Waals surface area contributed by atoms with Crippen molar-refractivity contribution in [1.82, 2.24) is 4.90 Å². The molecule has 1 aliphatic rings. The largest absolute Gasteiger partial charge is 0.470 e. The highest BCUT2D eigenvalue weighted by atomic mass is 19.4. The fourth-order valence-corrected chi connectivity index (χ4v) is 1.32. The molecule has 1 unspecified atom stereocenters. The Kier molecular flexibility index (Phi) is 3.31. The Morgan fingerprint density at radius 2 is 1.30 bits per heavy atom. The molecule has 1 atom stereocenters. The number of ether oxygens (including phenoxy) is 1. The van der Waals surface area contributed by atoms with Crippen LogP contribution in [0.3, 0.4) is 0 Å². The smallest absolute Gasteiger partial charge is 0.284 e. The van der Waals surface area contributed by atoms with E-state index in [9.17, 15) is 53.1 Å². The van der Waals surface area contributed by atoms with Crippen LogP contribution in [-0.4, -0.2) is 41.3 Å². The van der Waals surface area contributed by atoms with Gasteiger partial charge in [0.2, 0.25) is 0 Å². The lowest BCUT2D eigenvalue weighted by Gasteiger charge is -2.32. The monoisotopic (exact) mass is 327 g/mol. The number of nitrogens with zero attached hydrogens (tertiary/aromatic N) is 1. The maximum Gasteiger partial charge on any atom is 0.470 e.